The minimum atomic E-state index is -0.616. The molecule has 2 N–H and O–H groups in total. The van der Waals surface area contributed by atoms with Crippen LogP contribution >= 0.6 is 0 Å². The molecular formula is C17H20N2O3. The molecule has 0 saturated heterocycles. The van der Waals surface area contributed by atoms with Crippen molar-refractivity contribution < 1.29 is 14.6 Å². The normalized spacial score (nSPS) is 13.2. The van der Waals surface area contributed by atoms with E-state index in [0.29, 0.717) is 17.9 Å². The van der Waals surface area contributed by atoms with Crippen LogP contribution in [0.25, 0.3) is 0 Å². The third-order valence-electron chi connectivity index (χ3n) is 3.34. The number of aliphatic hydroxyl groups is 1. The SMILES string of the molecule is COc1ccnc(C(=O)NC(C)CC(O)c2ccccc2)c1. The second kappa shape index (κ2) is 7.56. The van der Waals surface area contributed by atoms with Crippen molar-refractivity contribution in [1.29, 1.82) is 0 Å². The third kappa shape index (κ3) is 4.30. The summed E-state index contributed by atoms with van der Waals surface area (Å²) in [5.41, 5.74) is 1.13. The number of benzene rings is 1. The van der Waals surface area contributed by atoms with Gasteiger partial charge in [0.2, 0.25) is 0 Å². The number of aromatic nitrogens is 1. The van der Waals surface area contributed by atoms with Gasteiger partial charge in [-0.2, -0.15) is 0 Å². The zero-order valence-electron chi connectivity index (χ0n) is 12.7. The van der Waals surface area contributed by atoms with Gasteiger partial charge in [0, 0.05) is 18.3 Å². The van der Waals surface area contributed by atoms with Crippen molar-refractivity contribution in [3.8, 4) is 5.75 Å². The first-order chi connectivity index (χ1) is 10.6. The molecule has 116 valence electrons. The molecule has 0 aliphatic heterocycles. The third-order valence-corrected chi connectivity index (χ3v) is 3.34. The largest absolute Gasteiger partial charge is 0.497 e. The number of amides is 1. The van der Waals surface area contributed by atoms with Crippen LogP contribution in [0.5, 0.6) is 5.75 Å². The van der Waals surface area contributed by atoms with Crippen LogP contribution in [-0.4, -0.2) is 29.1 Å². The van der Waals surface area contributed by atoms with Gasteiger partial charge < -0.3 is 15.2 Å². The number of nitrogens with zero attached hydrogens (tertiary/aromatic N) is 1. The topological polar surface area (TPSA) is 71.5 Å². The van der Waals surface area contributed by atoms with E-state index in [2.05, 4.69) is 10.3 Å². The Kier molecular flexibility index (Phi) is 5.49. The molecule has 0 fully saturated rings. The second-order valence-corrected chi connectivity index (χ2v) is 5.12. The number of nitrogens with one attached hydrogen (secondary N) is 1. The summed E-state index contributed by atoms with van der Waals surface area (Å²) in [6, 6.07) is 12.5. The Morgan fingerprint density at radius 3 is 2.73 bits per heavy atom. The van der Waals surface area contributed by atoms with Crippen LogP contribution in [0.3, 0.4) is 0 Å². The Morgan fingerprint density at radius 2 is 2.05 bits per heavy atom. The number of methoxy groups -OCH3 is 1. The summed E-state index contributed by atoms with van der Waals surface area (Å²) < 4.78 is 5.07. The van der Waals surface area contributed by atoms with Gasteiger partial charge in [0.05, 0.1) is 13.2 Å². The van der Waals surface area contributed by atoms with E-state index in [1.165, 1.54) is 13.3 Å². The van der Waals surface area contributed by atoms with Crippen LogP contribution in [0.15, 0.2) is 48.7 Å². The lowest BCUT2D eigenvalue weighted by Crippen LogP contribution is -2.34. The van der Waals surface area contributed by atoms with Gasteiger partial charge in [-0.1, -0.05) is 30.3 Å². The molecule has 2 unspecified atom stereocenters. The maximum absolute atomic E-state index is 12.1. The Labute approximate surface area is 130 Å². The van der Waals surface area contributed by atoms with E-state index in [0.717, 1.165) is 5.56 Å². The summed E-state index contributed by atoms with van der Waals surface area (Å²) in [5.74, 6) is 0.295. The minimum Gasteiger partial charge on any atom is -0.497 e. The highest BCUT2D eigenvalue weighted by Gasteiger charge is 2.16. The average molecular weight is 300 g/mol. The first-order valence-electron chi connectivity index (χ1n) is 7.14. The molecule has 0 aliphatic carbocycles. The van der Waals surface area contributed by atoms with E-state index in [1.807, 2.05) is 37.3 Å². The van der Waals surface area contributed by atoms with E-state index in [9.17, 15) is 9.90 Å². The summed E-state index contributed by atoms with van der Waals surface area (Å²) in [6.45, 7) is 1.85. The molecule has 0 radical (unpaired) electrons. The van der Waals surface area contributed by atoms with Crippen LogP contribution < -0.4 is 10.1 Å². The fraction of sp³-hybridized carbons (Fsp3) is 0.294. The first-order valence-corrected chi connectivity index (χ1v) is 7.14. The van der Waals surface area contributed by atoms with E-state index < -0.39 is 6.10 Å². The van der Waals surface area contributed by atoms with Gasteiger partial charge in [-0.05, 0) is 25.0 Å². The molecule has 2 rings (SSSR count). The van der Waals surface area contributed by atoms with Gasteiger partial charge in [0.15, 0.2) is 0 Å². The summed E-state index contributed by atoms with van der Waals surface area (Å²) in [4.78, 5) is 16.2. The molecule has 0 saturated carbocycles. The first kappa shape index (κ1) is 16.0. The maximum atomic E-state index is 12.1. The number of pyridine rings is 1. The van der Waals surface area contributed by atoms with Crippen LogP contribution in [0.2, 0.25) is 0 Å². The molecule has 1 amide bonds. The van der Waals surface area contributed by atoms with Crippen molar-refractivity contribution in [2.24, 2.45) is 0 Å². The molecule has 0 spiro atoms. The van der Waals surface area contributed by atoms with Crippen molar-refractivity contribution >= 4 is 5.91 Å². The van der Waals surface area contributed by atoms with Gasteiger partial charge in [-0.3, -0.25) is 9.78 Å². The Hall–Kier alpha value is -2.40. The second-order valence-electron chi connectivity index (χ2n) is 5.12. The maximum Gasteiger partial charge on any atom is 0.270 e. The van der Waals surface area contributed by atoms with Crippen LogP contribution in [0.4, 0.5) is 0 Å². The number of ether oxygens (including phenoxy) is 1. The molecule has 0 aliphatic rings. The van der Waals surface area contributed by atoms with Gasteiger partial charge in [0.1, 0.15) is 11.4 Å². The summed E-state index contributed by atoms with van der Waals surface area (Å²) in [5, 5.41) is 13.0. The predicted octanol–water partition coefficient (Wildman–Crippen LogP) is 2.33. The monoisotopic (exact) mass is 300 g/mol. The van der Waals surface area contributed by atoms with Crippen molar-refractivity contribution in [1.82, 2.24) is 10.3 Å². The van der Waals surface area contributed by atoms with E-state index in [4.69, 9.17) is 4.74 Å². The number of rotatable bonds is 6. The van der Waals surface area contributed by atoms with Crippen LogP contribution in [-0.2, 0) is 0 Å². The molecule has 2 aromatic rings. The molecule has 1 aromatic heterocycles. The lowest BCUT2D eigenvalue weighted by molar-refractivity contribution is 0.0911. The fourth-order valence-corrected chi connectivity index (χ4v) is 2.17. The van der Waals surface area contributed by atoms with E-state index in [1.54, 1.807) is 12.1 Å². The van der Waals surface area contributed by atoms with Crippen molar-refractivity contribution in [3.63, 3.8) is 0 Å². The molecule has 0 bridgehead atoms. The number of aliphatic hydroxyl groups excluding tert-OH is 1. The summed E-state index contributed by atoms with van der Waals surface area (Å²) >= 11 is 0. The van der Waals surface area contributed by atoms with Crippen molar-refractivity contribution in [2.75, 3.05) is 7.11 Å². The van der Waals surface area contributed by atoms with Gasteiger partial charge in [0.25, 0.3) is 5.91 Å². The quantitative estimate of drug-likeness (QED) is 0.859. The molecule has 1 aromatic carbocycles. The van der Waals surface area contributed by atoms with Crippen LogP contribution in [0, 0.1) is 0 Å². The Bertz CT molecular complexity index is 616. The predicted molar refractivity (Wildman–Crippen MR) is 83.7 cm³/mol. The number of carbonyl (C=O) groups is 1. The number of hydrogen-bond acceptors (Lipinski definition) is 4. The smallest absolute Gasteiger partial charge is 0.270 e. The molecule has 2 atom stereocenters. The highest BCUT2D eigenvalue weighted by molar-refractivity contribution is 5.92. The average Bonchev–Trinajstić information content (AvgIpc) is 2.55. The minimum absolute atomic E-state index is 0.185. The highest BCUT2D eigenvalue weighted by atomic mass is 16.5. The van der Waals surface area contributed by atoms with Crippen molar-refractivity contribution in [2.45, 2.75) is 25.5 Å². The summed E-state index contributed by atoms with van der Waals surface area (Å²) in [7, 11) is 1.54. The van der Waals surface area contributed by atoms with Gasteiger partial charge >= 0.3 is 0 Å². The Morgan fingerprint density at radius 1 is 1.32 bits per heavy atom. The zero-order valence-corrected chi connectivity index (χ0v) is 12.7. The van der Waals surface area contributed by atoms with Gasteiger partial charge in [-0.25, -0.2) is 0 Å². The van der Waals surface area contributed by atoms with Crippen molar-refractivity contribution in [3.05, 3.63) is 59.9 Å². The molecule has 22 heavy (non-hydrogen) atoms. The standard InChI is InChI=1S/C17H20N2O3/c1-12(10-16(20)13-6-4-3-5-7-13)19-17(21)15-11-14(22-2)8-9-18-15/h3-9,11-12,16,20H,10H2,1-2H3,(H,19,21). The van der Waals surface area contributed by atoms with Crippen LogP contribution in [0.1, 0.15) is 35.5 Å². The molecular weight excluding hydrogens is 280 g/mol. The molecule has 5 nitrogen and oxygen atoms in total. The van der Waals surface area contributed by atoms with Gasteiger partial charge in [-0.15, -0.1) is 0 Å². The lowest BCUT2D eigenvalue weighted by Gasteiger charge is -2.18. The lowest BCUT2D eigenvalue weighted by atomic mass is 10.0. The van der Waals surface area contributed by atoms with E-state index >= 15 is 0 Å². The number of carbonyl (C=O) groups excluding carboxylic acids is 1. The molecule has 5 heteroatoms. The summed E-state index contributed by atoms with van der Waals surface area (Å²) in [6.07, 6.45) is 1.34. The molecule has 1 heterocycles. The van der Waals surface area contributed by atoms with E-state index in [-0.39, 0.29) is 11.9 Å². The zero-order chi connectivity index (χ0) is 15.9. The number of hydrogen-bond donors (Lipinski definition) is 2. The highest BCUT2D eigenvalue weighted by Crippen LogP contribution is 2.18. The Balaban J connectivity index is 1.93. The fourth-order valence-electron chi connectivity index (χ4n) is 2.17.